The van der Waals surface area contributed by atoms with Gasteiger partial charge >= 0.3 is 0 Å². The Hall–Kier alpha value is -2.44. The SMILES string of the molecule is Cc1ccc(C(=O)N/C(=C\c2cccs2)C(=O)NC[C@@H]2CCCO2)cc1C. The summed E-state index contributed by atoms with van der Waals surface area (Å²) in [6.07, 6.45) is 3.71. The highest BCUT2D eigenvalue weighted by molar-refractivity contribution is 7.10. The third kappa shape index (κ3) is 5.28. The molecule has 2 heterocycles. The van der Waals surface area contributed by atoms with Gasteiger partial charge in [-0.05, 0) is 67.5 Å². The topological polar surface area (TPSA) is 67.4 Å². The van der Waals surface area contributed by atoms with Gasteiger partial charge in [-0.25, -0.2) is 0 Å². The molecular formula is C21H24N2O3S. The minimum absolute atomic E-state index is 0.0485. The maximum atomic E-state index is 12.7. The van der Waals surface area contributed by atoms with Crippen molar-refractivity contribution >= 4 is 29.2 Å². The predicted molar refractivity (Wildman–Crippen MR) is 108 cm³/mol. The van der Waals surface area contributed by atoms with Crippen molar-refractivity contribution in [2.24, 2.45) is 0 Å². The van der Waals surface area contributed by atoms with Gasteiger partial charge in [-0.3, -0.25) is 9.59 Å². The summed E-state index contributed by atoms with van der Waals surface area (Å²) < 4.78 is 5.54. The van der Waals surface area contributed by atoms with E-state index in [4.69, 9.17) is 4.74 Å². The number of aryl methyl sites for hydroxylation is 2. The van der Waals surface area contributed by atoms with Crippen LogP contribution in [0.2, 0.25) is 0 Å². The lowest BCUT2D eigenvalue weighted by Crippen LogP contribution is -2.38. The van der Waals surface area contributed by atoms with E-state index in [2.05, 4.69) is 10.6 Å². The van der Waals surface area contributed by atoms with Gasteiger partial charge in [0.05, 0.1) is 6.10 Å². The maximum Gasteiger partial charge on any atom is 0.267 e. The Morgan fingerprint density at radius 3 is 2.78 bits per heavy atom. The third-order valence-corrected chi connectivity index (χ3v) is 5.43. The van der Waals surface area contributed by atoms with Crippen LogP contribution in [0.3, 0.4) is 0 Å². The second kappa shape index (κ2) is 8.97. The van der Waals surface area contributed by atoms with Gasteiger partial charge in [-0.1, -0.05) is 12.1 Å². The van der Waals surface area contributed by atoms with Gasteiger partial charge in [-0.15, -0.1) is 11.3 Å². The van der Waals surface area contributed by atoms with Crippen molar-refractivity contribution in [3.8, 4) is 0 Å². The maximum absolute atomic E-state index is 12.7. The molecule has 1 aliphatic rings. The van der Waals surface area contributed by atoms with Crippen molar-refractivity contribution in [2.45, 2.75) is 32.8 Å². The van der Waals surface area contributed by atoms with Gasteiger partial charge in [0.1, 0.15) is 5.70 Å². The van der Waals surface area contributed by atoms with Crippen LogP contribution in [0.25, 0.3) is 6.08 Å². The van der Waals surface area contributed by atoms with Gasteiger partial charge in [0.25, 0.3) is 11.8 Å². The molecule has 1 fully saturated rings. The fourth-order valence-corrected chi connectivity index (χ4v) is 3.52. The van der Waals surface area contributed by atoms with Crippen LogP contribution in [0, 0.1) is 13.8 Å². The first-order chi connectivity index (χ1) is 13.0. The molecule has 3 rings (SSSR count). The van der Waals surface area contributed by atoms with Gasteiger partial charge in [-0.2, -0.15) is 0 Å². The summed E-state index contributed by atoms with van der Waals surface area (Å²) >= 11 is 1.51. The lowest BCUT2D eigenvalue weighted by molar-refractivity contribution is -0.118. The molecule has 142 valence electrons. The van der Waals surface area contributed by atoms with Crippen LogP contribution in [0.1, 0.15) is 39.2 Å². The smallest absolute Gasteiger partial charge is 0.267 e. The van der Waals surface area contributed by atoms with E-state index >= 15 is 0 Å². The molecule has 2 N–H and O–H groups in total. The second-order valence-corrected chi connectivity index (χ2v) is 7.65. The van der Waals surface area contributed by atoms with Crippen molar-refractivity contribution in [1.82, 2.24) is 10.6 Å². The van der Waals surface area contributed by atoms with E-state index in [-0.39, 0.29) is 23.6 Å². The number of rotatable bonds is 6. The average molecular weight is 385 g/mol. The van der Waals surface area contributed by atoms with Crippen LogP contribution in [0.15, 0.2) is 41.4 Å². The molecule has 0 unspecified atom stereocenters. The lowest BCUT2D eigenvalue weighted by Gasteiger charge is -2.14. The number of carbonyl (C=O) groups is 2. The molecule has 1 aliphatic heterocycles. The van der Waals surface area contributed by atoms with Crippen LogP contribution in [0.5, 0.6) is 0 Å². The zero-order chi connectivity index (χ0) is 19.2. The van der Waals surface area contributed by atoms with Crippen LogP contribution in [-0.4, -0.2) is 31.1 Å². The first-order valence-electron chi connectivity index (χ1n) is 9.06. The second-order valence-electron chi connectivity index (χ2n) is 6.67. The predicted octanol–water partition coefficient (Wildman–Crippen LogP) is 3.43. The first-order valence-corrected chi connectivity index (χ1v) is 9.94. The van der Waals surface area contributed by atoms with Gasteiger partial charge in [0.2, 0.25) is 0 Å². The number of benzene rings is 1. The van der Waals surface area contributed by atoms with Crippen molar-refractivity contribution in [1.29, 1.82) is 0 Å². The Bertz CT molecular complexity index is 837. The molecule has 1 aromatic carbocycles. The molecule has 2 amide bonds. The average Bonchev–Trinajstić information content (AvgIpc) is 3.35. The number of hydrogen-bond acceptors (Lipinski definition) is 4. The molecule has 1 saturated heterocycles. The molecule has 27 heavy (non-hydrogen) atoms. The van der Waals surface area contributed by atoms with E-state index in [0.29, 0.717) is 12.1 Å². The summed E-state index contributed by atoms with van der Waals surface area (Å²) in [5.41, 5.74) is 2.92. The fraction of sp³-hybridized carbons (Fsp3) is 0.333. The number of ether oxygens (including phenoxy) is 1. The molecule has 6 heteroatoms. The minimum Gasteiger partial charge on any atom is -0.376 e. The van der Waals surface area contributed by atoms with Crippen LogP contribution >= 0.6 is 11.3 Å². The standard InChI is InChI=1S/C21H24N2O3S/c1-14-7-8-16(11-15(14)2)20(24)23-19(12-18-6-4-10-27-18)21(25)22-13-17-5-3-9-26-17/h4,6-8,10-12,17H,3,5,9,13H2,1-2H3,(H,22,25)(H,23,24)/b19-12-/t17-/m0/s1. The van der Waals surface area contributed by atoms with E-state index < -0.39 is 0 Å². The molecule has 1 aromatic heterocycles. The normalized spacial score (nSPS) is 17.0. The Labute approximate surface area is 163 Å². The highest BCUT2D eigenvalue weighted by atomic mass is 32.1. The molecule has 0 saturated carbocycles. The molecule has 1 atom stereocenters. The number of hydrogen-bond donors (Lipinski definition) is 2. The van der Waals surface area contributed by atoms with Crippen molar-refractivity contribution in [2.75, 3.05) is 13.2 Å². The Kier molecular flexibility index (Phi) is 6.42. The summed E-state index contributed by atoms with van der Waals surface area (Å²) in [7, 11) is 0. The van der Waals surface area contributed by atoms with E-state index in [9.17, 15) is 9.59 Å². The fourth-order valence-electron chi connectivity index (χ4n) is 2.86. The Morgan fingerprint density at radius 2 is 2.11 bits per heavy atom. The largest absolute Gasteiger partial charge is 0.376 e. The van der Waals surface area contributed by atoms with Crippen LogP contribution in [0.4, 0.5) is 0 Å². The summed E-state index contributed by atoms with van der Waals surface area (Å²) in [4.78, 5) is 26.2. The van der Waals surface area contributed by atoms with E-state index in [1.54, 1.807) is 12.1 Å². The molecule has 2 aromatic rings. The van der Waals surface area contributed by atoms with E-state index in [0.717, 1.165) is 35.5 Å². The Balaban J connectivity index is 1.73. The van der Waals surface area contributed by atoms with Crippen molar-refractivity contribution in [3.05, 3.63) is 63.0 Å². The van der Waals surface area contributed by atoms with E-state index in [1.165, 1.54) is 11.3 Å². The summed E-state index contributed by atoms with van der Waals surface area (Å²) in [5.74, 6) is -0.607. The zero-order valence-electron chi connectivity index (χ0n) is 15.6. The Morgan fingerprint density at radius 1 is 1.26 bits per heavy atom. The van der Waals surface area contributed by atoms with E-state index in [1.807, 2.05) is 43.5 Å². The van der Waals surface area contributed by atoms with Gasteiger partial charge in [0.15, 0.2) is 0 Å². The molecule has 0 spiro atoms. The number of amides is 2. The molecular weight excluding hydrogens is 360 g/mol. The van der Waals surface area contributed by atoms with Crippen LogP contribution in [-0.2, 0) is 9.53 Å². The lowest BCUT2D eigenvalue weighted by atomic mass is 10.1. The van der Waals surface area contributed by atoms with Gasteiger partial charge < -0.3 is 15.4 Å². The molecule has 0 radical (unpaired) electrons. The first kappa shape index (κ1) is 19.3. The zero-order valence-corrected chi connectivity index (χ0v) is 16.4. The molecule has 5 nitrogen and oxygen atoms in total. The number of nitrogens with one attached hydrogen (secondary N) is 2. The highest BCUT2D eigenvalue weighted by Crippen LogP contribution is 2.15. The summed E-state index contributed by atoms with van der Waals surface area (Å²) in [5, 5.41) is 7.57. The van der Waals surface area contributed by atoms with Crippen molar-refractivity contribution in [3.63, 3.8) is 0 Å². The monoisotopic (exact) mass is 384 g/mol. The van der Waals surface area contributed by atoms with Crippen LogP contribution < -0.4 is 10.6 Å². The quantitative estimate of drug-likeness (QED) is 0.750. The highest BCUT2D eigenvalue weighted by Gasteiger charge is 2.19. The van der Waals surface area contributed by atoms with Gasteiger partial charge in [0, 0.05) is 23.6 Å². The molecule has 0 bridgehead atoms. The van der Waals surface area contributed by atoms with Crippen molar-refractivity contribution < 1.29 is 14.3 Å². The minimum atomic E-state index is -0.309. The summed E-state index contributed by atoms with van der Waals surface area (Å²) in [6, 6.07) is 9.32. The summed E-state index contributed by atoms with van der Waals surface area (Å²) in [6.45, 7) is 5.14. The number of carbonyl (C=O) groups excluding carboxylic acids is 2. The third-order valence-electron chi connectivity index (χ3n) is 4.61. The number of thiophene rings is 1. The molecule has 0 aliphatic carbocycles.